The Morgan fingerprint density at radius 2 is 0.962 bits per heavy atom. The zero-order valence-electron chi connectivity index (χ0n) is 34.3. The highest BCUT2D eigenvalue weighted by atomic mass is 31.2. The molecule has 0 aromatic carbocycles. The number of unbranched alkanes of at least 4 members (excludes halogenated alkanes) is 28. The van der Waals surface area contributed by atoms with Crippen LogP contribution in [0.5, 0.6) is 0 Å². The first-order chi connectivity index (χ1) is 25.4. The summed E-state index contributed by atoms with van der Waals surface area (Å²) in [7, 11) is -4.27. The second kappa shape index (κ2) is 41.4. The number of rotatable bonds is 43. The van der Waals surface area contributed by atoms with Crippen molar-refractivity contribution in [1.29, 1.82) is 0 Å². The number of carbonyl (C=O) groups excluding carboxylic acids is 1. The standard InChI is InChI=1S/C43H86NO7P/c1-3-5-7-9-11-13-15-17-18-19-20-21-22-23-24-26-28-30-32-34-36-43(45)51-42(41-50-52(46,47)49-39-37-44)40-48-38-35-33-31-29-27-25-16-14-12-10-8-6-4-2/h12,14,42H,3-11,13,15-41,44H2,1-2H3,(H,46,47)/b14-12-. The Bertz CT molecular complexity index is 812. The summed E-state index contributed by atoms with van der Waals surface area (Å²) < 4.78 is 33.4. The third-order valence-electron chi connectivity index (χ3n) is 9.68. The number of ether oxygens (including phenoxy) is 2. The monoisotopic (exact) mass is 760 g/mol. The van der Waals surface area contributed by atoms with Crippen LogP contribution in [0.3, 0.4) is 0 Å². The van der Waals surface area contributed by atoms with Crippen LogP contribution in [0.2, 0.25) is 0 Å². The third-order valence-corrected chi connectivity index (χ3v) is 10.7. The Labute approximate surface area is 322 Å². The zero-order chi connectivity index (χ0) is 38.1. The topological polar surface area (TPSA) is 117 Å². The molecule has 2 atom stereocenters. The summed E-state index contributed by atoms with van der Waals surface area (Å²) >= 11 is 0. The van der Waals surface area contributed by atoms with Gasteiger partial charge in [0, 0.05) is 19.6 Å². The second-order valence-electron chi connectivity index (χ2n) is 14.9. The van der Waals surface area contributed by atoms with Crippen LogP contribution in [0.1, 0.15) is 219 Å². The lowest BCUT2D eigenvalue weighted by Crippen LogP contribution is -2.28. The van der Waals surface area contributed by atoms with Gasteiger partial charge in [-0.2, -0.15) is 0 Å². The molecular formula is C43H86NO7P. The normalized spacial score (nSPS) is 13.5. The van der Waals surface area contributed by atoms with Gasteiger partial charge in [0.15, 0.2) is 0 Å². The van der Waals surface area contributed by atoms with E-state index in [1.807, 2.05) is 0 Å². The number of carbonyl (C=O) groups is 1. The Hall–Kier alpha value is -0.760. The molecule has 8 nitrogen and oxygen atoms in total. The minimum atomic E-state index is -4.27. The maximum atomic E-state index is 12.6. The summed E-state index contributed by atoms with van der Waals surface area (Å²) in [6, 6.07) is 0. The van der Waals surface area contributed by atoms with Crippen molar-refractivity contribution in [3.05, 3.63) is 12.2 Å². The molecule has 0 aromatic rings. The van der Waals surface area contributed by atoms with Crippen LogP contribution in [0.4, 0.5) is 0 Å². The molecule has 0 aliphatic carbocycles. The Balaban J connectivity index is 3.95. The van der Waals surface area contributed by atoms with E-state index in [-0.39, 0.29) is 32.3 Å². The van der Waals surface area contributed by atoms with Crippen molar-refractivity contribution < 1.29 is 32.8 Å². The fourth-order valence-corrected chi connectivity index (χ4v) is 7.17. The highest BCUT2D eigenvalue weighted by Crippen LogP contribution is 2.43. The molecule has 0 bridgehead atoms. The first-order valence-electron chi connectivity index (χ1n) is 22.2. The predicted octanol–water partition coefficient (Wildman–Crippen LogP) is 13.1. The maximum Gasteiger partial charge on any atom is 0.472 e. The van der Waals surface area contributed by atoms with Crippen LogP contribution in [-0.2, 0) is 27.9 Å². The van der Waals surface area contributed by atoms with Gasteiger partial charge in [0.1, 0.15) is 6.10 Å². The SMILES string of the molecule is CCCCC/C=C\CCCCCCCCOCC(COP(=O)(O)OCCN)OC(=O)CCCCCCCCCCCCCCCCCCCCCC. The molecule has 52 heavy (non-hydrogen) atoms. The van der Waals surface area contributed by atoms with Gasteiger partial charge in [-0.05, 0) is 38.5 Å². The average molecular weight is 760 g/mol. The summed E-state index contributed by atoms with van der Waals surface area (Å²) in [5, 5.41) is 0. The number of nitrogens with two attached hydrogens (primary N) is 1. The molecular weight excluding hydrogens is 673 g/mol. The molecule has 0 saturated heterocycles. The maximum absolute atomic E-state index is 12.6. The van der Waals surface area contributed by atoms with E-state index in [1.54, 1.807) is 0 Å². The van der Waals surface area contributed by atoms with E-state index in [2.05, 4.69) is 26.0 Å². The smallest absolute Gasteiger partial charge is 0.457 e. The molecule has 0 radical (unpaired) electrons. The van der Waals surface area contributed by atoms with Gasteiger partial charge in [0.25, 0.3) is 0 Å². The van der Waals surface area contributed by atoms with Gasteiger partial charge < -0.3 is 20.1 Å². The molecule has 0 spiro atoms. The van der Waals surface area contributed by atoms with Gasteiger partial charge in [-0.15, -0.1) is 0 Å². The van der Waals surface area contributed by atoms with Crippen molar-refractivity contribution in [1.82, 2.24) is 0 Å². The molecule has 0 saturated carbocycles. The van der Waals surface area contributed by atoms with E-state index < -0.39 is 13.9 Å². The fraction of sp³-hybridized carbons (Fsp3) is 0.930. The first kappa shape index (κ1) is 51.2. The van der Waals surface area contributed by atoms with E-state index in [0.717, 1.165) is 32.1 Å². The van der Waals surface area contributed by atoms with Gasteiger partial charge >= 0.3 is 13.8 Å². The molecule has 310 valence electrons. The van der Waals surface area contributed by atoms with Crippen LogP contribution in [0.15, 0.2) is 12.2 Å². The molecule has 0 aliphatic heterocycles. The van der Waals surface area contributed by atoms with E-state index in [0.29, 0.717) is 13.0 Å². The van der Waals surface area contributed by atoms with Crippen molar-refractivity contribution >= 4 is 13.8 Å². The molecule has 9 heteroatoms. The number of esters is 1. The van der Waals surface area contributed by atoms with Crippen molar-refractivity contribution in [2.45, 2.75) is 225 Å². The number of phosphoric ester groups is 1. The van der Waals surface area contributed by atoms with Crippen LogP contribution < -0.4 is 5.73 Å². The Morgan fingerprint density at radius 3 is 1.44 bits per heavy atom. The van der Waals surface area contributed by atoms with Crippen LogP contribution in [0.25, 0.3) is 0 Å². The van der Waals surface area contributed by atoms with E-state index in [4.69, 9.17) is 24.3 Å². The lowest BCUT2D eigenvalue weighted by molar-refractivity contribution is -0.154. The summed E-state index contributed by atoms with van der Waals surface area (Å²) in [5.74, 6) is -0.328. The van der Waals surface area contributed by atoms with E-state index in [1.165, 1.54) is 167 Å². The number of phosphoric acid groups is 1. The van der Waals surface area contributed by atoms with Crippen molar-refractivity contribution in [3.63, 3.8) is 0 Å². The summed E-state index contributed by atoms with van der Waals surface area (Å²) in [4.78, 5) is 22.5. The lowest BCUT2D eigenvalue weighted by Gasteiger charge is -2.20. The summed E-state index contributed by atoms with van der Waals surface area (Å²) in [5.41, 5.74) is 5.37. The van der Waals surface area contributed by atoms with Crippen molar-refractivity contribution in [2.75, 3.05) is 33.0 Å². The van der Waals surface area contributed by atoms with Crippen molar-refractivity contribution in [2.24, 2.45) is 5.73 Å². The Kier molecular flexibility index (Phi) is 40.8. The number of hydrogen-bond donors (Lipinski definition) is 2. The second-order valence-corrected chi connectivity index (χ2v) is 16.4. The molecule has 0 heterocycles. The van der Waals surface area contributed by atoms with Crippen LogP contribution in [0, 0.1) is 0 Å². The molecule has 3 N–H and O–H groups in total. The van der Waals surface area contributed by atoms with Gasteiger partial charge in [-0.1, -0.05) is 187 Å². The number of hydrogen-bond acceptors (Lipinski definition) is 7. The lowest BCUT2D eigenvalue weighted by atomic mass is 10.0. The largest absolute Gasteiger partial charge is 0.472 e. The van der Waals surface area contributed by atoms with Crippen LogP contribution in [-0.4, -0.2) is 49.9 Å². The fourth-order valence-electron chi connectivity index (χ4n) is 6.40. The number of allylic oxidation sites excluding steroid dienone is 2. The van der Waals surface area contributed by atoms with E-state index in [9.17, 15) is 14.3 Å². The minimum Gasteiger partial charge on any atom is -0.457 e. The minimum absolute atomic E-state index is 0.0933. The third kappa shape index (κ3) is 40.4. The molecule has 2 unspecified atom stereocenters. The predicted molar refractivity (Wildman–Crippen MR) is 220 cm³/mol. The Morgan fingerprint density at radius 1 is 0.558 bits per heavy atom. The average Bonchev–Trinajstić information content (AvgIpc) is 3.13. The molecule has 0 aliphatic rings. The summed E-state index contributed by atoms with van der Waals surface area (Å²) in [6.45, 7) is 4.93. The van der Waals surface area contributed by atoms with Crippen molar-refractivity contribution in [3.8, 4) is 0 Å². The molecule has 0 fully saturated rings. The van der Waals surface area contributed by atoms with Gasteiger partial charge in [0.05, 0.1) is 19.8 Å². The molecule has 0 rings (SSSR count). The highest BCUT2D eigenvalue weighted by molar-refractivity contribution is 7.47. The quantitative estimate of drug-likeness (QED) is 0.0273. The van der Waals surface area contributed by atoms with E-state index >= 15 is 0 Å². The highest BCUT2D eigenvalue weighted by Gasteiger charge is 2.25. The van der Waals surface area contributed by atoms with Gasteiger partial charge in [-0.25, -0.2) is 4.57 Å². The first-order valence-corrected chi connectivity index (χ1v) is 23.7. The zero-order valence-corrected chi connectivity index (χ0v) is 35.2. The molecule has 0 amide bonds. The molecule has 0 aromatic heterocycles. The van der Waals surface area contributed by atoms with Crippen LogP contribution >= 0.6 is 7.82 Å². The summed E-state index contributed by atoms with van der Waals surface area (Å²) in [6.07, 6.45) is 43.7. The van der Waals surface area contributed by atoms with Gasteiger partial charge in [-0.3, -0.25) is 13.8 Å². The van der Waals surface area contributed by atoms with Gasteiger partial charge in [0.2, 0.25) is 0 Å².